The number of hydrogen-bond donors (Lipinski definition) is 9. The number of hydrogen-bond acceptors (Lipinski definition) is 13. The molecule has 2 saturated heterocycles. The Bertz CT molecular complexity index is 1060. The Kier molecular flexibility index (Phi) is 33.3. The topological polar surface area (TPSA) is 228 Å². The predicted octanol–water partition coefficient (Wildman–Crippen LogP) is 6.22. The van der Waals surface area contributed by atoms with Crippen LogP contribution in [0.1, 0.15) is 206 Å². The molecule has 2 aliphatic rings. The van der Waals surface area contributed by atoms with Crippen molar-refractivity contribution >= 4 is 5.91 Å². The first kappa shape index (κ1) is 57.1. The molecule has 4 unspecified atom stereocenters. The first-order valence-corrected chi connectivity index (χ1v) is 25.3. The lowest BCUT2D eigenvalue weighted by molar-refractivity contribution is -0.359. The smallest absolute Gasteiger partial charge is 0.220 e. The lowest BCUT2D eigenvalue weighted by Gasteiger charge is -2.46. The Morgan fingerprint density at radius 2 is 0.919 bits per heavy atom. The van der Waals surface area contributed by atoms with Gasteiger partial charge in [-0.25, -0.2) is 0 Å². The van der Waals surface area contributed by atoms with Crippen molar-refractivity contribution in [3.63, 3.8) is 0 Å². The molecule has 14 heteroatoms. The van der Waals surface area contributed by atoms with Gasteiger partial charge in [0.1, 0.15) is 48.8 Å². The Hall–Kier alpha value is -1.01. The third-order valence-corrected chi connectivity index (χ3v) is 12.8. The van der Waals surface area contributed by atoms with Gasteiger partial charge in [-0.3, -0.25) is 4.79 Å². The first-order valence-electron chi connectivity index (χ1n) is 25.3. The molecule has 0 aromatic carbocycles. The molecule has 0 bridgehead atoms. The van der Waals surface area contributed by atoms with Gasteiger partial charge in [-0.2, -0.15) is 0 Å². The summed E-state index contributed by atoms with van der Waals surface area (Å²) >= 11 is 0. The standard InChI is InChI=1S/C48H93NO13/c1-3-5-7-9-11-13-15-17-18-20-22-24-26-28-30-32-40(53)49-36(37(52)31-29-27-25-23-21-19-16-14-12-10-8-6-4-2)35-59-47-45(58)43(56)46(39(34-51)61-47)62-48-44(57)42(55)41(54)38(33-50)60-48/h36-39,41-48,50-52,54-58H,3-35H2,1-2H3,(H,49,53)/t36-,37+,38?,39?,41-,42-,43+,44?,45?,46+,47+,48-/m0/s1. The fraction of sp³-hybridized carbons (Fsp3) is 0.979. The number of nitrogens with one attached hydrogen (secondary N) is 1. The van der Waals surface area contributed by atoms with E-state index < -0.39 is 86.8 Å². The molecule has 12 atom stereocenters. The Labute approximate surface area is 374 Å². The Morgan fingerprint density at radius 3 is 1.37 bits per heavy atom. The van der Waals surface area contributed by atoms with Crippen LogP contribution in [0.5, 0.6) is 0 Å². The SMILES string of the molecule is CCCCCCCCCCCCCCCCCC(=O)N[C@@H](CO[C@@H]1OC(CO)[C@@H](O[C@@H]2OC(CO)[C@H](O)[C@H](O)C2O)[C@H](O)C1O)[C@H](O)CCCCCCCCCCCCCCC. The number of carbonyl (C=O) groups excluding carboxylic acids is 1. The normalized spacial score (nSPS) is 27.6. The number of carbonyl (C=O) groups is 1. The van der Waals surface area contributed by atoms with Crippen molar-refractivity contribution < 1.29 is 64.6 Å². The summed E-state index contributed by atoms with van der Waals surface area (Å²) in [4.78, 5) is 13.2. The van der Waals surface area contributed by atoms with Gasteiger partial charge in [0.15, 0.2) is 12.6 Å². The monoisotopic (exact) mass is 892 g/mol. The fourth-order valence-electron chi connectivity index (χ4n) is 8.65. The van der Waals surface area contributed by atoms with E-state index in [0.717, 1.165) is 51.4 Å². The van der Waals surface area contributed by atoms with Crippen LogP contribution in [-0.2, 0) is 23.7 Å². The zero-order valence-electron chi connectivity index (χ0n) is 38.9. The van der Waals surface area contributed by atoms with Crippen molar-refractivity contribution in [2.75, 3.05) is 19.8 Å². The number of rotatable bonds is 39. The molecular formula is C48H93NO13. The van der Waals surface area contributed by atoms with E-state index in [9.17, 15) is 45.6 Å². The van der Waals surface area contributed by atoms with Crippen LogP contribution < -0.4 is 5.32 Å². The summed E-state index contributed by atoms with van der Waals surface area (Å²) in [6.07, 6.45) is 18.1. The molecule has 0 aromatic heterocycles. The average molecular weight is 892 g/mol. The molecular weight excluding hydrogens is 799 g/mol. The largest absolute Gasteiger partial charge is 0.394 e. The van der Waals surface area contributed by atoms with E-state index in [2.05, 4.69) is 19.2 Å². The van der Waals surface area contributed by atoms with Gasteiger partial charge in [0.2, 0.25) is 5.91 Å². The number of aliphatic hydroxyl groups excluding tert-OH is 8. The lowest BCUT2D eigenvalue weighted by atomic mass is 9.97. The van der Waals surface area contributed by atoms with Gasteiger partial charge in [-0.1, -0.05) is 187 Å². The summed E-state index contributed by atoms with van der Waals surface area (Å²) in [7, 11) is 0. The second-order valence-electron chi connectivity index (χ2n) is 18.3. The van der Waals surface area contributed by atoms with Crippen LogP contribution in [0.25, 0.3) is 0 Å². The second kappa shape index (κ2) is 36.2. The number of amides is 1. The highest BCUT2D eigenvalue weighted by Crippen LogP contribution is 2.30. The molecule has 0 radical (unpaired) electrons. The molecule has 62 heavy (non-hydrogen) atoms. The maximum atomic E-state index is 13.2. The minimum atomic E-state index is -1.78. The zero-order valence-corrected chi connectivity index (χ0v) is 38.9. The van der Waals surface area contributed by atoms with Crippen molar-refractivity contribution in [1.29, 1.82) is 0 Å². The quantitative estimate of drug-likeness (QED) is 0.0313. The van der Waals surface area contributed by atoms with Gasteiger partial charge in [-0.15, -0.1) is 0 Å². The molecule has 2 rings (SSSR count). The van der Waals surface area contributed by atoms with Gasteiger partial charge >= 0.3 is 0 Å². The van der Waals surface area contributed by atoms with Crippen LogP contribution in [0, 0.1) is 0 Å². The predicted molar refractivity (Wildman–Crippen MR) is 240 cm³/mol. The van der Waals surface area contributed by atoms with Crippen LogP contribution in [-0.4, -0.2) is 140 Å². The molecule has 0 aliphatic carbocycles. The van der Waals surface area contributed by atoms with Crippen LogP contribution in [0.2, 0.25) is 0 Å². The maximum Gasteiger partial charge on any atom is 0.220 e. The van der Waals surface area contributed by atoms with Crippen molar-refractivity contribution in [1.82, 2.24) is 5.32 Å². The summed E-state index contributed by atoms with van der Waals surface area (Å²) in [5.74, 6) is -0.205. The highest BCUT2D eigenvalue weighted by molar-refractivity contribution is 5.76. The van der Waals surface area contributed by atoms with Crippen molar-refractivity contribution in [2.45, 2.75) is 280 Å². The molecule has 9 N–H and O–H groups in total. The van der Waals surface area contributed by atoms with E-state index in [1.165, 1.54) is 128 Å². The van der Waals surface area contributed by atoms with E-state index in [1.807, 2.05) is 0 Å². The Balaban J connectivity index is 1.84. The zero-order chi connectivity index (χ0) is 45.4. The van der Waals surface area contributed by atoms with Gasteiger partial charge < -0.3 is 65.1 Å². The highest BCUT2D eigenvalue weighted by atomic mass is 16.7. The number of unbranched alkanes of at least 4 members (excludes halogenated alkanes) is 26. The van der Waals surface area contributed by atoms with E-state index in [1.54, 1.807) is 0 Å². The average Bonchev–Trinajstić information content (AvgIpc) is 3.27. The van der Waals surface area contributed by atoms with Gasteiger partial charge in [0, 0.05) is 6.42 Å². The number of aliphatic hydroxyl groups is 8. The summed E-state index contributed by atoms with van der Waals surface area (Å²) in [6.45, 7) is 2.85. The summed E-state index contributed by atoms with van der Waals surface area (Å²) in [5, 5.41) is 86.8. The van der Waals surface area contributed by atoms with Crippen LogP contribution in [0.15, 0.2) is 0 Å². The van der Waals surface area contributed by atoms with Crippen molar-refractivity contribution in [3.8, 4) is 0 Å². The molecule has 14 nitrogen and oxygen atoms in total. The van der Waals surface area contributed by atoms with E-state index in [-0.39, 0.29) is 12.5 Å². The minimum absolute atomic E-state index is 0.205. The van der Waals surface area contributed by atoms with E-state index >= 15 is 0 Å². The molecule has 2 aliphatic heterocycles. The van der Waals surface area contributed by atoms with Crippen molar-refractivity contribution in [3.05, 3.63) is 0 Å². The molecule has 2 fully saturated rings. The van der Waals surface area contributed by atoms with E-state index in [4.69, 9.17) is 18.9 Å². The first-order chi connectivity index (χ1) is 30.1. The van der Waals surface area contributed by atoms with Crippen molar-refractivity contribution in [2.24, 2.45) is 0 Å². The van der Waals surface area contributed by atoms with Gasteiger partial charge in [-0.05, 0) is 12.8 Å². The third-order valence-electron chi connectivity index (χ3n) is 12.8. The minimum Gasteiger partial charge on any atom is -0.394 e. The second-order valence-corrected chi connectivity index (χ2v) is 18.3. The summed E-state index contributed by atoms with van der Waals surface area (Å²) in [6, 6.07) is -0.820. The van der Waals surface area contributed by atoms with Crippen LogP contribution >= 0.6 is 0 Å². The lowest BCUT2D eigenvalue weighted by Crippen LogP contribution is -2.65. The van der Waals surface area contributed by atoms with Crippen LogP contribution in [0.3, 0.4) is 0 Å². The van der Waals surface area contributed by atoms with Gasteiger partial charge in [0.25, 0.3) is 0 Å². The van der Waals surface area contributed by atoms with Gasteiger partial charge in [0.05, 0.1) is 32.0 Å². The molecule has 0 spiro atoms. The fourth-order valence-corrected chi connectivity index (χ4v) is 8.65. The summed E-state index contributed by atoms with van der Waals surface area (Å²) < 4.78 is 22.7. The maximum absolute atomic E-state index is 13.2. The molecule has 0 aromatic rings. The van der Waals surface area contributed by atoms with E-state index in [0.29, 0.717) is 12.8 Å². The number of ether oxygens (including phenoxy) is 4. The molecule has 0 saturated carbocycles. The highest BCUT2D eigenvalue weighted by Gasteiger charge is 2.51. The molecule has 368 valence electrons. The molecule has 2 heterocycles. The van der Waals surface area contributed by atoms with Crippen LogP contribution in [0.4, 0.5) is 0 Å². The molecule has 1 amide bonds. The third kappa shape index (κ3) is 23.4. The Morgan fingerprint density at radius 1 is 0.516 bits per heavy atom. The summed E-state index contributed by atoms with van der Waals surface area (Å²) in [5.41, 5.74) is 0.